The Hall–Kier alpha value is -2.89. The Morgan fingerprint density at radius 3 is 2.74 bits per heavy atom. The van der Waals surface area contributed by atoms with Gasteiger partial charge in [-0.05, 0) is 30.2 Å². The first kappa shape index (κ1) is 17.5. The van der Waals surface area contributed by atoms with Crippen molar-refractivity contribution in [3.05, 3.63) is 58.9 Å². The third kappa shape index (κ3) is 3.94. The van der Waals surface area contributed by atoms with Crippen molar-refractivity contribution in [2.45, 2.75) is 25.8 Å². The van der Waals surface area contributed by atoms with Gasteiger partial charge in [0.2, 0.25) is 5.91 Å². The van der Waals surface area contributed by atoms with E-state index in [2.05, 4.69) is 10.3 Å². The van der Waals surface area contributed by atoms with Gasteiger partial charge in [0.15, 0.2) is 11.5 Å². The van der Waals surface area contributed by atoms with Crippen molar-refractivity contribution < 1.29 is 18.7 Å². The number of nitrogens with zero attached hydrogens (tertiary/aromatic N) is 1. The van der Waals surface area contributed by atoms with Gasteiger partial charge < -0.3 is 14.8 Å². The standard InChI is InChI=1S/C21H21FN2O3/c22-17-5-2-1-4-15(17)13-24-21(25)12-18-16-11-20-19(26-8-3-9-27-20)10-14(16)6-7-23-18/h1-2,4-5,10-11H,3,6-9,12-13H2,(H,24,25). The molecule has 2 aromatic carbocycles. The molecule has 0 fully saturated rings. The first-order valence-electron chi connectivity index (χ1n) is 9.17. The molecule has 0 unspecified atom stereocenters. The highest BCUT2D eigenvalue weighted by Crippen LogP contribution is 2.34. The monoisotopic (exact) mass is 368 g/mol. The van der Waals surface area contributed by atoms with E-state index in [1.807, 2.05) is 12.1 Å². The van der Waals surface area contributed by atoms with E-state index in [4.69, 9.17) is 9.47 Å². The van der Waals surface area contributed by atoms with Crippen molar-refractivity contribution in [2.24, 2.45) is 4.99 Å². The molecule has 2 aliphatic heterocycles. The van der Waals surface area contributed by atoms with E-state index in [0.29, 0.717) is 31.1 Å². The van der Waals surface area contributed by atoms with E-state index in [1.165, 1.54) is 6.07 Å². The van der Waals surface area contributed by atoms with E-state index in [0.717, 1.165) is 35.4 Å². The summed E-state index contributed by atoms with van der Waals surface area (Å²) in [6.07, 6.45) is 1.81. The predicted molar refractivity (Wildman–Crippen MR) is 100 cm³/mol. The van der Waals surface area contributed by atoms with Gasteiger partial charge in [-0.1, -0.05) is 18.2 Å². The number of rotatable bonds is 4. The number of hydrogen-bond donors (Lipinski definition) is 1. The van der Waals surface area contributed by atoms with Gasteiger partial charge in [-0.15, -0.1) is 0 Å². The number of ether oxygens (including phenoxy) is 2. The van der Waals surface area contributed by atoms with Crippen LogP contribution in [0, 0.1) is 5.82 Å². The van der Waals surface area contributed by atoms with Crippen LogP contribution in [0.25, 0.3) is 0 Å². The smallest absolute Gasteiger partial charge is 0.226 e. The molecule has 2 heterocycles. The molecule has 5 nitrogen and oxygen atoms in total. The topological polar surface area (TPSA) is 59.9 Å². The lowest BCUT2D eigenvalue weighted by atomic mass is 9.95. The fourth-order valence-electron chi connectivity index (χ4n) is 3.32. The highest BCUT2D eigenvalue weighted by atomic mass is 19.1. The normalized spacial score (nSPS) is 15.4. The van der Waals surface area contributed by atoms with Crippen molar-refractivity contribution in [2.75, 3.05) is 19.8 Å². The largest absolute Gasteiger partial charge is 0.490 e. The number of amides is 1. The third-order valence-electron chi connectivity index (χ3n) is 4.73. The van der Waals surface area contributed by atoms with E-state index in [-0.39, 0.29) is 24.7 Å². The van der Waals surface area contributed by atoms with Gasteiger partial charge in [-0.3, -0.25) is 9.79 Å². The van der Waals surface area contributed by atoms with Gasteiger partial charge in [-0.2, -0.15) is 0 Å². The van der Waals surface area contributed by atoms with Crippen LogP contribution >= 0.6 is 0 Å². The van der Waals surface area contributed by atoms with Crippen LogP contribution in [0.15, 0.2) is 41.4 Å². The summed E-state index contributed by atoms with van der Waals surface area (Å²) in [5, 5.41) is 2.77. The van der Waals surface area contributed by atoms with Gasteiger partial charge in [0, 0.05) is 30.6 Å². The van der Waals surface area contributed by atoms with Crippen molar-refractivity contribution >= 4 is 11.6 Å². The van der Waals surface area contributed by atoms with Gasteiger partial charge in [0.05, 0.1) is 25.3 Å². The van der Waals surface area contributed by atoms with E-state index >= 15 is 0 Å². The van der Waals surface area contributed by atoms with Crippen molar-refractivity contribution in [1.29, 1.82) is 0 Å². The Morgan fingerprint density at radius 1 is 1.15 bits per heavy atom. The lowest BCUT2D eigenvalue weighted by Gasteiger charge is -2.19. The van der Waals surface area contributed by atoms with Crippen LogP contribution in [0.4, 0.5) is 4.39 Å². The molecule has 0 radical (unpaired) electrons. The summed E-state index contributed by atoms with van der Waals surface area (Å²) >= 11 is 0. The number of benzene rings is 2. The van der Waals surface area contributed by atoms with Crippen LogP contribution < -0.4 is 14.8 Å². The molecule has 0 aromatic heterocycles. The zero-order chi connectivity index (χ0) is 18.6. The minimum atomic E-state index is -0.321. The minimum absolute atomic E-state index is 0.154. The molecule has 1 amide bonds. The molecule has 1 N–H and O–H groups in total. The van der Waals surface area contributed by atoms with Gasteiger partial charge in [-0.25, -0.2) is 4.39 Å². The summed E-state index contributed by atoms with van der Waals surface area (Å²) < 4.78 is 25.2. The Kier molecular flexibility index (Phi) is 5.05. The maximum atomic E-state index is 13.7. The second-order valence-electron chi connectivity index (χ2n) is 6.63. The highest BCUT2D eigenvalue weighted by Gasteiger charge is 2.21. The molecule has 0 saturated carbocycles. The van der Waals surface area contributed by atoms with E-state index in [1.54, 1.807) is 18.2 Å². The number of nitrogens with one attached hydrogen (secondary N) is 1. The summed E-state index contributed by atoms with van der Waals surface area (Å²) in [6, 6.07) is 10.4. The van der Waals surface area contributed by atoms with Gasteiger partial charge in [0.1, 0.15) is 5.82 Å². The quantitative estimate of drug-likeness (QED) is 0.902. The van der Waals surface area contributed by atoms with Crippen molar-refractivity contribution in [3.8, 4) is 11.5 Å². The molecule has 0 spiro atoms. The molecule has 2 aliphatic rings. The Bertz CT molecular complexity index is 895. The second-order valence-corrected chi connectivity index (χ2v) is 6.63. The van der Waals surface area contributed by atoms with Gasteiger partial charge >= 0.3 is 0 Å². The fraction of sp³-hybridized carbons (Fsp3) is 0.333. The number of aliphatic imine (C=N–C) groups is 1. The molecular weight excluding hydrogens is 347 g/mol. The Labute approximate surface area is 157 Å². The molecule has 27 heavy (non-hydrogen) atoms. The molecule has 4 rings (SSSR count). The minimum Gasteiger partial charge on any atom is -0.490 e. The Balaban J connectivity index is 1.47. The zero-order valence-corrected chi connectivity index (χ0v) is 15.0. The summed E-state index contributed by atoms with van der Waals surface area (Å²) in [7, 11) is 0. The maximum Gasteiger partial charge on any atom is 0.226 e. The Morgan fingerprint density at radius 2 is 1.93 bits per heavy atom. The number of hydrogen-bond acceptors (Lipinski definition) is 4. The summed E-state index contributed by atoms with van der Waals surface area (Å²) in [6.45, 7) is 2.06. The van der Waals surface area contributed by atoms with Crippen molar-refractivity contribution in [3.63, 3.8) is 0 Å². The van der Waals surface area contributed by atoms with Crippen LogP contribution in [0.2, 0.25) is 0 Å². The number of carbonyl (C=O) groups is 1. The molecule has 0 saturated heterocycles. The van der Waals surface area contributed by atoms with Crippen LogP contribution in [-0.4, -0.2) is 31.4 Å². The molecule has 0 aliphatic carbocycles. The predicted octanol–water partition coefficient (Wildman–Crippen LogP) is 3.04. The lowest BCUT2D eigenvalue weighted by molar-refractivity contribution is -0.120. The number of carbonyl (C=O) groups excluding carboxylic acids is 1. The molecule has 2 aromatic rings. The van der Waals surface area contributed by atoms with Crippen LogP contribution in [0.3, 0.4) is 0 Å². The van der Waals surface area contributed by atoms with E-state index in [9.17, 15) is 9.18 Å². The maximum absolute atomic E-state index is 13.7. The first-order valence-corrected chi connectivity index (χ1v) is 9.17. The zero-order valence-electron chi connectivity index (χ0n) is 15.0. The van der Waals surface area contributed by atoms with Crippen LogP contribution in [0.1, 0.15) is 29.5 Å². The molecule has 0 atom stereocenters. The third-order valence-corrected chi connectivity index (χ3v) is 4.73. The lowest BCUT2D eigenvalue weighted by Crippen LogP contribution is -2.27. The summed E-state index contributed by atoms with van der Waals surface area (Å²) in [5.74, 6) is 0.957. The summed E-state index contributed by atoms with van der Waals surface area (Å²) in [4.78, 5) is 16.9. The molecule has 0 bridgehead atoms. The highest BCUT2D eigenvalue weighted by molar-refractivity contribution is 6.12. The van der Waals surface area contributed by atoms with Crippen LogP contribution in [-0.2, 0) is 17.8 Å². The number of fused-ring (bicyclic) bond motifs is 2. The number of halogens is 1. The van der Waals surface area contributed by atoms with Gasteiger partial charge in [0.25, 0.3) is 0 Å². The first-order chi connectivity index (χ1) is 13.2. The molecule has 6 heteroatoms. The van der Waals surface area contributed by atoms with Crippen molar-refractivity contribution in [1.82, 2.24) is 5.32 Å². The summed E-state index contributed by atoms with van der Waals surface area (Å²) in [5.41, 5.74) is 3.25. The second kappa shape index (κ2) is 7.78. The SMILES string of the molecule is O=C(CC1=NCCc2cc3c(cc21)OCCCO3)NCc1ccccc1F. The fourth-order valence-corrected chi connectivity index (χ4v) is 3.32. The molecular formula is C21H21FN2O3. The molecule has 140 valence electrons. The van der Waals surface area contributed by atoms with E-state index < -0.39 is 0 Å². The average Bonchev–Trinajstić information content (AvgIpc) is 2.91. The van der Waals surface area contributed by atoms with Crippen LogP contribution in [0.5, 0.6) is 11.5 Å². The average molecular weight is 368 g/mol.